The summed E-state index contributed by atoms with van der Waals surface area (Å²) in [5.41, 5.74) is 0.835. The molecule has 0 radical (unpaired) electrons. The number of hydrogen-bond donors (Lipinski definition) is 2. The topological polar surface area (TPSA) is 67.4 Å². The van der Waals surface area contributed by atoms with Gasteiger partial charge in [-0.25, -0.2) is 0 Å². The van der Waals surface area contributed by atoms with Crippen molar-refractivity contribution < 1.29 is 14.3 Å². The summed E-state index contributed by atoms with van der Waals surface area (Å²) in [6.07, 6.45) is 3.12. The van der Waals surface area contributed by atoms with Gasteiger partial charge < -0.3 is 15.4 Å². The Kier molecular flexibility index (Phi) is 6.15. The molecule has 0 aliphatic heterocycles. The molecule has 0 aromatic heterocycles. The highest BCUT2D eigenvalue weighted by Crippen LogP contribution is 2.18. The van der Waals surface area contributed by atoms with E-state index < -0.39 is 0 Å². The molecule has 0 heterocycles. The highest BCUT2D eigenvalue weighted by molar-refractivity contribution is 5.92. The maximum Gasteiger partial charge on any atom is 0.244 e. The zero-order chi connectivity index (χ0) is 14.1. The molecule has 0 saturated carbocycles. The lowest BCUT2D eigenvalue weighted by molar-refractivity contribution is -0.119. The van der Waals surface area contributed by atoms with Gasteiger partial charge in [0.25, 0.3) is 0 Å². The van der Waals surface area contributed by atoms with Crippen LogP contribution in [0.25, 0.3) is 6.08 Å². The van der Waals surface area contributed by atoms with Crippen molar-refractivity contribution in [1.82, 2.24) is 10.6 Å². The molecule has 0 spiro atoms. The number of rotatable bonds is 6. The van der Waals surface area contributed by atoms with Crippen LogP contribution >= 0.6 is 0 Å². The summed E-state index contributed by atoms with van der Waals surface area (Å²) in [6, 6.07) is 7.43. The molecule has 0 saturated heterocycles. The number of nitrogens with one attached hydrogen (secondary N) is 2. The van der Waals surface area contributed by atoms with Crippen LogP contribution in [0.3, 0.4) is 0 Å². The molecular formula is C14H18N2O3. The van der Waals surface area contributed by atoms with Crippen molar-refractivity contribution in [2.45, 2.75) is 6.92 Å². The minimum absolute atomic E-state index is 0.112. The van der Waals surface area contributed by atoms with Crippen LogP contribution < -0.4 is 15.4 Å². The molecule has 0 unspecified atom stereocenters. The fraction of sp³-hybridized carbons (Fsp3) is 0.286. The van der Waals surface area contributed by atoms with E-state index in [1.807, 2.05) is 24.3 Å². The lowest BCUT2D eigenvalue weighted by Crippen LogP contribution is -2.32. The van der Waals surface area contributed by atoms with Crippen LogP contribution in [-0.4, -0.2) is 32.0 Å². The number of carbonyl (C=O) groups is 2. The van der Waals surface area contributed by atoms with Crippen LogP contribution in [-0.2, 0) is 9.59 Å². The van der Waals surface area contributed by atoms with Gasteiger partial charge in [-0.05, 0) is 12.1 Å². The van der Waals surface area contributed by atoms with Crippen molar-refractivity contribution >= 4 is 17.9 Å². The number of hydrogen-bond acceptors (Lipinski definition) is 3. The Hall–Kier alpha value is -2.30. The number of methoxy groups -OCH3 is 1. The molecule has 1 rings (SSSR count). The number of ether oxygens (including phenoxy) is 1. The van der Waals surface area contributed by atoms with Gasteiger partial charge in [0.2, 0.25) is 11.8 Å². The first-order chi connectivity index (χ1) is 9.13. The Balaban J connectivity index is 2.43. The predicted octanol–water partition coefficient (Wildman–Crippen LogP) is 0.961. The summed E-state index contributed by atoms with van der Waals surface area (Å²) in [5.74, 6) is 0.389. The number of para-hydroxylation sites is 1. The fourth-order valence-corrected chi connectivity index (χ4v) is 1.45. The molecule has 19 heavy (non-hydrogen) atoms. The van der Waals surface area contributed by atoms with Crippen molar-refractivity contribution in [2.24, 2.45) is 0 Å². The van der Waals surface area contributed by atoms with Crippen molar-refractivity contribution in [3.05, 3.63) is 35.9 Å². The monoisotopic (exact) mass is 262 g/mol. The van der Waals surface area contributed by atoms with Crippen LogP contribution in [0, 0.1) is 0 Å². The highest BCUT2D eigenvalue weighted by Gasteiger charge is 1.99. The largest absolute Gasteiger partial charge is 0.496 e. The van der Waals surface area contributed by atoms with E-state index in [9.17, 15) is 9.59 Å². The van der Waals surface area contributed by atoms with E-state index >= 15 is 0 Å². The van der Waals surface area contributed by atoms with Crippen molar-refractivity contribution in [3.63, 3.8) is 0 Å². The van der Waals surface area contributed by atoms with Gasteiger partial charge >= 0.3 is 0 Å². The average Bonchev–Trinajstić information content (AvgIpc) is 2.41. The van der Waals surface area contributed by atoms with Gasteiger partial charge in [0.1, 0.15) is 5.75 Å². The molecule has 2 amide bonds. The summed E-state index contributed by atoms with van der Waals surface area (Å²) in [5, 5.41) is 5.26. The van der Waals surface area contributed by atoms with Crippen LogP contribution in [0.5, 0.6) is 5.75 Å². The Morgan fingerprint density at radius 2 is 1.89 bits per heavy atom. The third kappa shape index (κ3) is 5.72. The Bertz CT molecular complexity index is 470. The lowest BCUT2D eigenvalue weighted by atomic mass is 10.2. The van der Waals surface area contributed by atoms with Crippen molar-refractivity contribution in [1.29, 1.82) is 0 Å². The number of amides is 2. The van der Waals surface area contributed by atoms with Crippen molar-refractivity contribution in [3.8, 4) is 5.75 Å². The quantitative estimate of drug-likeness (QED) is 0.593. The minimum Gasteiger partial charge on any atom is -0.496 e. The molecular weight excluding hydrogens is 244 g/mol. The zero-order valence-electron chi connectivity index (χ0n) is 11.1. The lowest BCUT2D eigenvalue weighted by Gasteiger charge is -2.04. The standard InChI is InChI=1S/C14H18N2O3/c1-11(17)15-9-10-16-14(18)8-7-12-5-3-4-6-13(12)19-2/h3-8H,9-10H2,1-2H3,(H,15,17)(H,16,18)/b8-7+. The van der Waals surface area contributed by atoms with E-state index in [2.05, 4.69) is 10.6 Å². The summed E-state index contributed by atoms with van der Waals surface area (Å²) >= 11 is 0. The van der Waals surface area contributed by atoms with Gasteiger partial charge in [-0.3, -0.25) is 9.59 Å². The molecule has 1 aromatic carbocycles. The van der Waals surface area contributed by atoms with Gasteiger partial charge in [-0.15, -0.1) is 0 Å². The molecule has 0 aliphatic rings. The first-order valence-electron chi connectivity index (χ1n) is 5.97. The third-order valence-corrected chi connectivity index (χ3v) is 2.35. The van der Waals surface area contributed by atoms with E-state index in [1.54, 1.807) is 13.2 Å². The Morgan fingerprint density at radius 1 is 1.21 bits per heavy atom. The maximum atomic E-state index is 11.5. The highest BCUT2D eigenvalue weighted by atomic mass is 16.5. The van der Waals surface area contributed by atoms with E-state index in [4.69, 9.17) is 4.74 Å². The van der Waals surface area contributed by atoms with Gasteiger partial charge in [-0.1, -0.05) is 18.2 Å². The summed E-state index contributed by atoms with van der Waals surface area (Å²) < 4.78 is 5.17. The van der Waals surface area contributed by atoms with Gasteiger partial charge in [0.15, 0.2) is 0 Å². The molecule has 1 aromatic rings. The van der Waals surface area contributed by atoms with Crippen LogP contribution in [0.2, 0.25) is 0 Å². The normalized spacial score (nSPS) is 10.2. The second kappa shape index (κ2) is 7.92. The van der Waals surface area contributed by atoms with Gasteiger partial charge in [0.05, 0.1) is 7.11 Å². The van der Waals surface area contributed by atoms with E-state index in [1.165, 1.54) is 13.0 Å². The number of benzene rings is 1. The third-order valence-electron chi connectivity index (χ3n) is 2.35. The van der Waals surface area contributed by atoms with E-state index in [0.717, 1.165) is 5.56 Å². The Labute approximate surface area is 112 Å². The smallest absolute Gasteiger partial charge is 0.244 e. The fourth-order valence-electron chi connectivity index (χ4n) is 1.45. The number of carbonyl (C=O) groups excluding carboxylic acids is 2. The second-order valence-electron chi connectivity index (χ2n) is 3.85. The molecule has 102 valence electrons. The summed E-state index contributed by atoms with van der Waals surface area (Å²) in [4.78, 5) is 22.1. The van der Waals surface area contributed by atoms with Crippen LogP contribution in [0.4, 0.5) is 0 Å². The summed E-state index contributed by atoms with van der Waals surface area (Å²) in [6.45, 7) is 2.25. The Morgan fingerprint density at radius 3 is 2.58 bits per heavy atom. The van der Waals surface area contributed by atoms with Gasteiger partial charge in [0, 0.05) is 31.7 Å². The average molecular weight is 262 g/mol. The molecule has 0 aliphatic carbocycles. The zero-order valence-corrected chi connectivity index (χ0v) is 11.1. The maximum absolute atomic E-state index is 11.5. The first-order valence-corrected chi connectivity index (χ1v) is 5.97. The SMILES string of the molecule is COc1ccccc1/C=C/C(=O)NCCNC(C)=O. The molecule has 0 fully saturated rings. The second-order valence-corrected chi connectivity index (χ2v) is 3.85. The van der Waals surface area contributed by atoms with E-state index in [0.29, 0.717) is 18.8 Å². The molecule has 5 heteroatoms. The molecule has 5 nitrogen and oxygen atoms in total. The van der Waals surface area contributed by atoms with Crippen molar-refractivity contribution in [2.75, 3.05) is 20.2 Å². The minimum atomic E-state index is -0.212. The van der Waals surface area contributed by atoms with E-state index in [-0.39, 0.29) is 11.8 Å². The van der Waals surface area contributed by atoms with Crippen LogP contribution in [0.15, 0.2) is 30.3 Å². The summed E-state index contributed by atoms with van der Waals surface area (Å²) in [7, 11) is 1.58. The first kappa shape index (κ1) is 14.8. The molecule has 0 bridgehead atoms. The van der Waals surface area contributed by atoms with Gasteiger partial charge in [-0.2, -0.15) is 0 Å². The van der Waals surface area contributed by atoms with Crippen LogP contribution in [0.1, 0.15) is 12.5 Å². The molecule has 0 atom stereocenters. The predicted molar refractivity (Wildman–Crippen MR) is 73.7 cm³/mol. The molecule has 2 N–H and O–H groups in total.